The molecular weight excluding hydrogens is 224 g/mol. The fraction of sp³-hybridized carbons (Fsp3) is 0.188. The second-order valence-electron chi connectivity index (χ2n) is 3.43. The maximum absolute atomic E-state index is 11.2. The Morgan fingerprint density at radius 1 is 0.833 bits per heavy atom. The van der Waals surface area contributed by atoms with E-state index in [1.54, 1.807) is 12.1 Å². The molecule has 0 N–H and O–H groups in total. The number of hydrogen-bond donors (Lipinski definition) is 0. The quantitative estimate of drug-likeness (QED) is 0.739. The van der Waals surface area contributed by atoms with Crippen molar-refractivity contribution < 1.29 is 9.53 Å². The van der Waals surface area contributed by atoms with E-state index in [1.165, 1.54) is 7.11 Å². The molecule has 2 rings (SSSR count). The molecule has 18 heavy (non-hydrogen) atoms. The van der Waals surface area contributed by atoms with Crippen LogP contribution in [0.5, 0.6) is 0 Å². The van der Waals surface area contributed by atoms with E-state index in [0.29, 0.717) is 5.56 Å². The SMILES string of the molecule is CC.COC(=O)c1ccc(-c2ccccc2)cc1. The second-order valence-corrected chi connectivity index (χ2v) is 3.43. The highest BCUT2D eigenvalue weighted by molar-refractivity contribution is 5.89. The highest BCUT2D eigenvalue weighted by Gasteiger charge is 2.04. The third-order valence-corrected chi connectivity index (χ3v) is 2.41. The fourth-order valence-corrected chi connectivity index (χ4v) is 1.55. The maximum atomic E-state index is 11.2. The number of ether oxygens (including phenoxy) is 1. The first kappa shape index (κ1) is 14.0. The molecule has 0 aliphatic carbocycles. The van der Waals surface area contributed by atoms with Gasteiger partial charge in [-0.05, 0) is 23.3 Å². The van der Waals surface area contributed by atoms with Gasteiger partial charge in [0.15, 0.2) is 0 Å². The Bertz CT molecular complexity index is 472. The van der Waals surface area contributed by atoms with Crippen molar-refractivity contribution in [1.29, 1.82) is 0 Å². The van der Waals surface area contributed by atoms with Crippen molar-refractivity contribution in [3.05, 3.63) is 60.2 Å². The predicted octanol–water partition coefficient (Wildman–Crippen LogP) is 4.17. The number of carbonyl (C=O) groups excluding carboxylic acids is 1. The summed E-state index contributed by atoms with van der Waals surface area (Å²) in [6.07, 6.45) is 0. The molecule has 0 radical (unpaired) electrons. The van der Waals surface area contributed by atoms with Crippen molar-refractivity contribution in [2.75, 3.05) is 7.11 Å². The van der Waals surface area contributed by atoms with E-state index in [9.17, 15) is 4.79 Å². The molecule has 0 amide bonds. The Kier molecular flexibility index (Phi) is 5.65. The molecule has 2 aromatic carbocycles. The summed E-state index contributed by atoms with van der Waals surface area (Å²) in [5, 5.41) is 0. The summed E-state index contributed by atoms with van der Waals surface area (Å²) in [6, 6.07) is 17.4. The first-order chi connectivity index (χ1) is 8.81. The summed E-state index contributed by atoms with van der Waals surface area (Å²) in [7, 11) is 1.38. The van der Waals surface area contributed by atoms with Crippen LogP contribution in [-0.2, 0) is 4.74 Å². The Morgan fingerprint density at radius 2 is 1.33 bits per heavy atom. The number of esters is 1. The molecule has 0 atom stereocenters. The van der Waals surface area contributed by atoms with E-state index in [2.05, 4.69) is 4.74 Å². The summed E-state index contributed by atoms with van der Waals surface area (Å²) in [5.74, 6) is -0.306. The standard InChI is InChI=1S/C14H12O2.C2H6/c1-16-14(15)13-9-7-12(8-10-13)11-5-3-2-4-6-11;1-2/h2-10H,1H3;1-2H3. The summed E-state index contributed by atoms with van der Waals surface area (Å²) in [4.78, 5) is 11.2. The van der Waals surface area contributed by atoms with Crippen LogP contribution >= 0.6 is 0 Å². The van der Waals surface area contributed by atoms with Crippen molar-refractivity contribution in [3.8, 4) is 11.1 Å². The van der Waals surface area contributed by atoms with Gasteiger partial charge in [-0.3, -0.25) is 0 Å². The van der Waals surface area contributed by atoms with Gasteiger partial charge in [-0.25, -0.2) is 4.79 Å². The molecule has 0 heterocycles. The molecule has 0 saturated heterocycles. The van der Waals surface area contributed by atoms with Gasteiger partial charge in [0.2, 0.25) is 0 Å². The lowest BCUT2D eigenvalue weighted by atomic mass is 10.0. The van der Waals surface area contributed by atoms with Crippen LogP contribution in [0.15, 0.2) is 54.6 Å². The van der Waals surface area contributed by atoms with Crippen LogP contribution in [0.25, 0.3) is 11.1 Å². The van der Waals surface area contributed by atoms with E-state index in [0.717, 1.165) is 11.1 Å². The number of hydrogen-bond acceptors (Lipinski definition) is 2. The van der Waals surface area contributed by atoms with Crippen LogP contribution in [0.2, 0.25) is 0 Å². The summed E-state index contributed by atoms with van der Waals surface area (Å²) < 4.78 is 4.64. The topological polar surface area (TPSA) is 26.3 Å². The molecule has 0 aliphatic rings. The number of benzene rings is 2. The number of methoxy groups -OCH3 is 1. The second kappa shape index (κ2) is 7.28. The monoisotopic (exact) mass is 242 g/mol. The van der Waals surface area contributed by atoms with E-state index >= 15 is 0 Å². The van der Waals surface area contributed by atoms with Gasteiger partial charge < -0.3 is 4.74 Å². The lowest BCUT2D eigenvalue weighted by Crippen LogP contribution is -2.00. The lowest BCUT2D eigenvalue weighted by Gasteiger charge is -2.02. The molecule has 0 aromatic heterocycles. The zero-order valence-corrected chi connectivity index (χ0v) is 11.0. The molecule has 0 unspecified atom stereocenters. The van der Waals surface area contributed by atoms with Gasteiger partial charge in [-0.2, -0.15) is 0 Å². The minimum Gasteiger partial charge on any atom is -0.465 e. The average molecular weight is 242 g/mol. The summed E-state index contributed by atoms with van der Waals surface area (Å²) in [6.45, 7) is 4.00. The normalized spacial score (nSPS) is 9.06. The van der Waals surface area contributed by atoms with E-state index in [4.69, 9.17) is 0 Å². The minimum atomic E-state index is -0.306. The van der Waals surface area contributed by atoms with E-state index < -0.39 is 0 Å². The van der Waals surface area contributed by atoms with Crippen LogP contribution in [-0.4, -0.2) is 13.1 Å². The third-order valence-electron chi connectivity index (χ3n) is 2.41. The Labute approximate surface area is 108 Å². The highest BCUT2D eigenvalue weighted by Crippen LogP contribution is 2.19. The molecular formula is C16H18O2. The number of carbonyl (C=O) groups is 1. The van der Waals surface area contributed by atoms with E-state index in [1.807, 2.05) is 56.3 Å². The zero-order valence-electron chi connectivity index (χ0n) is 11.0. The first-order valence-corrected chi connectivity index (χ1v) is 6.05. The molecule has 0 saturated carbocycles. The number of rotatable bonds is 2. The van der Waals surface area contributed by atoms with Gasteiger partial charge in [0.25, 0.3) is 0 Å². The van der Waals surface area contributed by atoms with Crippen LogP contribution in [0.1, 0.15) is 24.2 Å². The average Bonchev–Trinajstić information content (AvgIpc) is 2.49. The molecule has 2 aromatic rings. The molecule has 2 heteroatoms. The van der Waals surface area contributed by atoms with Gasteiger partial charge in [0, 0.05) is 0 Å². The van der Waals surface area contributed by atoms with E-state index in [-0.39, 0.29) is 5.97 Å². The lowest BCUT2D eigenvalue weighted by molar-refractivity contribution is 0.0601. The molecule has 0 fully saturated rings. The van der Waals surface area contributed by atoms with Gasteiger partial charge >= 0.3 is 5.97 Å². The predicted molar refractivity (Wildman–Crippen MR) is 74.6 cm³/mol. The molecule has 2 nitrogen and oxygen atoms in total. The van der Waals surface area contributed by atoms with Crippen molar-refractivity contribution in [1.82, 2.24) is 0 Å². The Hall–Kier alpha value is -2.09. The maximum Gasteiger partial charge on any atom is 0.337 e. The third kappa shape index (κ3) is 3.45. The highest BCUT2D eigenvalue weighted by atomic mass is 16.5. The van der Waals surface area contributed by atoms with Crippen molar-refractivity contribution in [2.24, 2.45) is 0 Å². The van der Waals surface area contributed by atoms with Crippen molar-refractivity contribution in [3.63, 3.8) is 0 Å². The Balaban J connectivity index is 0.000000771. The van der Waals surface area contributed by atoms with Crippen LogP contribution in [0, 0.1) is 0 Å². The largest absolute Gasteiger partial charge is 0.465 e. The molecule has 0 bridgehead atoms. The van der Waals surface area contributed by atoms with Crippen molar-refractivity contribution >= 4 is 5.97 Å². The molecule has 94 valence electrons. The fourth-order valence-electron chi connectivity index (χ4n) is 1.55. The van der Waals surface area contributed by atoms with Crippen LogP contribution < -0.4 is 0 Å². The minimum absolute atomic E-state index is 0.306. The molecule has 0 aliphatic heterocycles. The van der Waals surface area contributed by atoms with Gasteiger partial charge in [0.05, 0.1) is 12.7 Å². The van der Waals surface area contributed by atoms with Crippen molar-refractivity contribution in [2.45, 2.75) is 13.8 Å². The molecule has 0 spiro atoms. The van der Waals surface area contributed by atoms with Crippen LogP contribution in [0.4, 0.5) is 0 Å². The summed E-state index contributed by atoms with van der Waals surface area (Å²) in [5.41, 5.74) is 2.80. The smallest absolute Gasteiger partial charge is 0.337 e. The Morgan fingerprint density at radius 3 is 1.83 bits per heavy atom. The first-order valence-electron chi connectivity index (χ1n) is 6.05. The van der Waals surface area contributed by atoms with Gasteiger partial charge in [-0.15, -0.1) is 0 Å². The zero-order chi connectivity index (χ0) is 13.4. The van der Waals surface area contributed by atoms with Gasteiger partial charge in [-0.1, -0.05) is 56.3 Å². The summed E-state index contributed by atoms with van der Waals surface area (Å²) >= 11 is 0. The van der Waals surface area contributed by atoms with Crippen LogP contribution in [0.3, 0.4) is 0 Å². The van der Waals surface area contributed by atoms with Gasteiger partial charge in [0.1, 0.15) is 0 Å².